The average Bonchev–Trinajstić information content (AvgIpc) is 2.53. The van der Waals surface area contributed by atoms with Gasteiger partial charge in [-0.2, -0.15) is 0 Å². The number of aromatic nitrogens is 1. The number of hydrogen-bond donors (Lipinski definition) is 2. The van der Waals surface area contributed by atoms with E-state index in [1.54, 1.807) is 11.0 Å². The number of para-hydroxylation sites is 1. The Labute approximate surface area is 134 Å². The second-order valence-corrected chi connectivity index (χ2v) is 5.48. The first kappa shape index (κ1) is 16.5. The fourth-order valence-electron chi connectivity index (χ4n) is 2.97. The number of benzene rings is 1. The van der Waals surface area contributed by atoms with E-state index in [1.165, 1.54) is 0 Å². The number of amides is 1. The number of likely N-dealkylation sites (tertiary alicyclic amines) is 1. The van der Waals surface area contributed by atoms with Crippen LogP contribution in [0, 0.1) is 0 Å². The van der Waals surface area contributed by atoms with Crippen LogP contribution in [0.5, 0.6) is 0 Å². The lowest BCUT2D eigenvalue weighted by atomic mass is 10.0. The Balaban J connectivity index is 0.00000176. The van der Waals surface area contributed by atoms with Crippen LogP contribution < -0.4 is 11.3 Å². The number of pyridine rings is 1. The fraction of sp³-hybridized carbons (Fsp3) is 0.375. The summed E-state index contributed by atoms with van der Waals surface area (Å²) < 4.78 is 0. The van der Waals surface area contributed by atoms with E-state index in [4.69, 9.17) is 5.73 Å². The minimum atomic E-state index is -0.333. The standard InChI is InChI=1S/C16H19N3O2.ClH/c17-10-12-6-3-4-8-19(12)16(21)13-9-11-5-1-2-7-14(11)18-15(13)20;/h1-2,5,7,9,12H,3-4,6,8,10,17H2,(H,18,20);1H. The molecule has 1 aliphatic rings. The SMILES string of the molecule is Cl.NCC1CCCCN1C(=O)c1cc2ccccc2[nH]c1=O. The van der Waals surface area contributed by atoms with Crippen molar-refractivity contribution in [3.63, 3.8) is 0 Å². The largest absolute Gasteiger partial charge is 0.334 e. The summed E-state index contributed by atoms with van der Waals surface area (Å²) >= 11 is 0. The van der Waals surface area contributed by atoms with Gasteiger partial charge in [-0.1, -0.05) is 18.2 Å². The monoisotopic (exact) mass is 321 g/mol. The summed E-state index contributed by atoms with van der Waals surface area (Å²) in [6.45, 7) is 1.12. The Morgan fingerprint density at radius 2 is 2.09 bits per heavy atom. The van der Waals surface area contributed by atoms with Crippen LogP contribution >= 0.6 is 12.4 Å². The number of rotatable bonds is 2. The molecule has 22 heavy (non-hydrogen) atoms. The van der Waals surface area contributed by atoms with Crippen LogP contribution in [0.1, 0.15) is 29.6 Å². The molecule has 1 atom stereocenters. The number of halogens is 1. The molecule has 2 aromatic rings. The number of H-pyrrole nitrogens is 1. The molecule has 3 N–H and O–H groups in total. The van der Waals surface area contributed by atoms with E-state index in [-0.39, 0.29) is 35.5 Å². The molecule has 0 bridgehead atoms. The molecular weight excluding hydrogens is 302 g/mol. The lowest BCUT2D eigenvalue weighted by Gasteiger charge is -2.34. The van der Waals surface area contributed by atoms with Crippen LogP contribution in [0.25, 0.3) is 10.9 Å². The summed E-state index contributed by atoms with van der Waals surface area (Å²) in [5.41, 5.74) is 6.37. The predicted molar refractivity (Wildman–Crippen MR) is 89.5 cm³/mol. The van der Waals surface area contributed by atoms with Crippen LogP contribution in [0.15, 0.2) is 35.1 Å². The van der Waals surface area contributed by atoms with Gasteiger partial charge in [-0.3, -0.25) is 9.59 Å². The van der Waals surface area contributed by atoms with Gasteiger partial charge in [0.2, 0.25) is 0 Å². The molecule has 0 aliphatic carbocycles. The van der Waals surface area contributed by atoms with Gasteiger partial charge in [-0.25, -0.2) is 0 Å². The summed E-state index contributed by atoms with van der Waals surface area (Å²) in [6.07, 6.45) is 2.96. The Morgan fingerprint density at radius 1 is 1.32 bits per heavy atom. The van der Waals surface area contributed by atoms with Gasteiger partial charge in [0.05, 0.1) is 0 Å². The van der Waals surface area contributed by atoms with Gasteiger partial charge in [0.15, 0.2) is 0 Å². The molecular formula is C16H20ClN3O2. The first-order valence-electron chi connectivity index (χ1n) is 7.34. The van der Waals surface area contributed by atoms with E-state index in [0.717, 1.165) is 30.2 Å². The topological polar surface area (TPSA) is 79.2 Å². The number of fused-ring (bicyclic) bond motifs is 1. The van der Waals surface area contributed by atoms with E-state index in [9.17, 15) is 9.59 Å². The highest BCUT2D eigenvalue weighted by atomic mass is 35.5. The maximum absolute atomic E-state index is 12.7. The Hall–Kier alpha value is -1.85. The number of hydrogen-bond acceptors (Lipinski definition) is 3. The molecule has 1 aromatic carbocycles. The van der Waals surface area contributed by atoms with Gasteiger partial charge in [0.1, 0.15) is 5.56 Å². The molecule has 3 rings (SSSR count). The first-order valence-corrected chi connectivity index (χ1v) is 7.34. The van der Waals surface area contributed by atoms with Crippen molar-refractivity contribution in [3.8, 4) is 0 Å². The van der Waals surface area contributed by atoms with Crippen molar-refractivity contribution >= 4 is 29.2 Å². The van der Waals surface area contributed by atoms with Crippen molar-refractivity contribution in [2.24, 2.45) is 5.73 Å². The lowest BCUT2D eigenvalue weighted by molar-refractivity contribution is 0.0621. The molecule has 1 amide bonds. The van der Waals surface area contributed by atoms with Crippen LogP contribution in [-0.2, 0) is 0 Å². The van der Waals surface area contributed by atoms with Crippen molar-refractivity contribution < 1.29 is 4.79 Å². The molecule has 0 saturated carbocycles. The highest BCUT2D eigenvalue weighted by molar-refractivity contribution is 5.97. The predicted octanol–water partition coefficient (Wildman–Crippen LogP) is 1.90. The summed E-state index contributed by atoms with van der Waals surface area (Å²) in [6, 6.07) is 9.18. The molecule has 118 valence electrons. The summed E-state index contributed by atoms with van der Waals surface area (Å²) in [7, 11) is 0. The molecule has 2 heterocycles. The summed E-state index contributed by atoms with van der Waals surface area (Å²) in [5, 5.41) is 0.863. The normalized spacial score (nSPS) is 18.0. The zero-order chi connectivity index (χ0) is 14.8. The molecule has 0 spiro atoms. The van der Waals surface area contributed by atoms with Crippen molar-refractivity contribution in [2.45, 2.75) is 25.3 Å². The second kappa shape index (κ2) is 6.94. The quantitative estimate of drug-likeness (QED) is 0.886. The van der Waals surface area contributed by atoms with Crippen LogP contribution in [0.2, 0.25) is 0 Å². The van der Waals surface area contributed by atoms with Crippen LogP contribution in [0.3, 0.4) is 0 Å². The van der Waals surface area contributed by atoms with Gasteiger partial charge in [-0.05, 0) is 36.8 Å². The van der Waals surface area contributed by atoms with Gasteiger partial charge >= 0.3 is 0 Å². The molecule has 1 unspecified atom stereocenters. The Morgan fingerprint density at radius 3 is 2.86 bits per heavy atom. The van der Waals surface area contributed by atoms with Gasteiger partial charge in [-0.15, -0.1) is 12.4 Å². The minimum Gasteiger partial charge on any atom is -0.334 e. The zero-order valence-corrected chi connectivity index (χ0v) is 13.1. The van der Waals surface area contributed by atoms with Gasteiger partial charge < -0.3 is 15.6 Å². The Bertz CT molecular complexity index is 729. The molecule has 5 nitrogen and oxygen atoms in total. The molecule has 1 aliphatic heterocycles. The second-order valence-electron chi connectivity index (χ2n) is 5.48. The number of nitrogens with zero attached hydrogens (tertiary/aromatic N) is 1. The van der Waals surface area contributed by atoms with Crippen molar-refractivity contribution in [1.82, 2.24) is 9.88 Å². The van der Waals surface area contributed by atoms with E-state index >= 15 is 0 Å². The van der Waals surface area contributed by atoms with Gasteiger partial charge in [0, 0.05) is 24.6 Å². The number of nitrogens with two attached hydrogens (primary N) is 1. The van der Waals surface area contributed by atoms with E-state index < -0.39 is 0 Å². The van der Waals surface area contributed by atoms with Gasteiger partial charge in [0.25, 0.3) is 11.5 Å². The molecule has 6 heteroatoms. The van der Waals surface area contributed by atoms with Crippen molar-refractivity contribution in [2.75, 3.05) is 13.1 Å². The highest BCUT2D eigenvalue weighted by Crippen LogP contribution is 2.19. The average molecular weight is 322 g/mol. The first-order chi connectivity index (χ1) is 10.2. The third-order valence-corrected chi connectivity index (χ3v) is 4.14. The molecule has 1 aromatic heterocycles. The van der Waals surface area contributed by atoms with E-state index in [1.807, 2.05) is 24.3 Å². The number of carbonyl (C=O) groups excluding carboxylic acids is 1. The number of nitrogens with one attached hydrogen (secondary N) is 1. The van der Waals surface area contributed by atoms with Crippen LogP contribution in [0.4, 0.5) is 0 Å². The smallest absolute Gasteiger partial charge is 0.261 e. The zero-order valence-electron chi connectivity index (χ0n) is 12.2. The fourth-order valence-corrected chi connectivity index (χ4v) is 2.97. The number of piperidine rings is 1. The maximum atomic E-state index is 12.7. The third-order valence-electron chi connectivity index (χ3n) is 4.14. The lowest BCUT2D eigenvalue weighted by Crippen LogP contribution is -2.48. The van der Waals surface area contributed by atoms with E-state index in [2.05, 4.69) is 4.98 Å². The number of carbonyl (C=O) groups is 1. The third kappa shape index (κ3) is 3.00. The minimum absolute atomic E-state index is 0. The Kier molecular flexibility index (Phi) is 5.21. The molecule has 1 fully saturated rings. The van der Waals surface area contributed by atoms with Crippen LogP contribution in [-0.4, -0.2) is 34.9 Å². The highest BCUT2D eigenvalue weighted by Gasteiger charge is 2.28. The maximum Gasteiger partial charge on any atom is 0.261 e. The molecule has 1 saturated heterocycles. The van der Waals surface area contributed by atoms with Crippen molar-refractivity contribution in [1.29, 1.82) is 0 Å². The summed E-state index contributed by atoms with van der Waals surface area (Å²) in [5.74, 6) is -0.211. The van der Waals surface area contributed by atoms with E-state index in [0.29, 0.717) is 13.1 Å². The number of aromatic amines is 1. The summed E-state index contributed by atoms with van der Waals surface area (Å²) in [4.78, 5) is 29.4. The van der Waals surface area contributed by atoms with Crippen molar-refractivity contribution in [3.05, 3.63) is 46.2 Å². The molecule has 0 radical (unpaired) electrons.